The Morgan fingerprint density at radius 3 is 1.51 bits per heavy atom. The summed E-state index contributed by atoms with van der Waals surface area (Å²) in [4.78, 5) is 9.78. The van der Waals surface area contributed by atoms with E-state index in [9.17, 15) is 0 Å². The van der Waals surface area contributed by atoms with Gasteiger partial charge in [-0.1, -0.05) is 0 Å². The standard InChI is InChI=1S/C29H44N8/c30-24-3-7-28(8-4-24)36-17-11-26(21-36)32-13-1-15-34-19-20-35(23-34)16-2-14-33-27-12-18-37(22-27)29-9-5-25(31)6-10-29/h3-10,19-20,26-27,32-33H,1-2,11-18,21-23,30-31H2. The van der Waals surface area contributed by atoms with E-state index in [1.54, 1.807) is 0 Å². The minimum atomic E-state index is 0.578. The maximum absolute atomic E-state index is 5.82. The van der Waals surface area contributed by atoms with Gasteiger partial charge >= 0.3 is 0 Å². The molecule has 2 fully saturated rings. The maximum Gasteiger partial charge on any atom is 0.0893 e. The summed E-state index contributed by atoms with van der Waals surface area (Å²) in [6, 6.07) is 17.6. The molecule has 2 aromatic rings. The second-order valence-corrected chi connectivity index (χ2v) is 10.7. The lowest BCUT2D eigenvalue weighted by Crippen LogP contribution is -2.35. The van der Waals surface area contributed by atoms with E-state index in [1.807, 2.05) is 24.3 Å². The van der Waals surface area contributed by atoms with Crippen LogP contribution in [0.4, 0.5) is 22.7 Å². The minimum Gasteiger partial charge on any atom is -0.399 e. The Morgan fingerprint density at radius 1 is 0.649 bits per heavy atom. The molecule has 8 nitrogen and oxygen atoms in total. The third-order valence-electron chi connectivity index (χ3n) is 7.85. The van der Waals surface area contributed by atoms with E-state index < -0.39 is 0 Å². The zero-order chi connectivity index (χ0) is 25.5. The molecule has 37 heavy (non-hydrogen) atoms. The van der Waals surface area contributed by atoms with Crippen LogP contribution < -0.4 is 31.9 Å². The average molecular weight is 505 g/mol. The lowest BCUT2D eigenvalue weighted by atomic mass is 10.2. The zero-order valence-electron chi connectivity index (χ0n) is 22.1. The van der Waals surface area contributed by atoms with Crippen LogP contribution in [0, 0.1) is 0 Å². The van der Waals surface area contributed by atoms with Gasteiger partial charge in [0.2, 0.25) is 0 Å². The van der Waals surface area contributed by atoms with Gasteiger partial charge in [-0.15, -0.1) is 0 Å². The molecule has 200 valence electrons. The Bertz CT molecular complexity index is 912. The van der Waals surface area contributed by atoms with Gasteiger partial charge in [0, 0.05) is 86.5 Å². The Hall–Kier alpha value is -3.10. The van der Waals surface area contributed by atoms with Crippen LogP contribution in [0.1, 0.15) is 25.7 Å². The maximum atomic E-state index is 5.82. The second kappa shape index (κ2) is 12.4. The molecule has 0 radical (unpaired) electrons. The van der Waals surface area contributed by atoms with Gasteiger partial charge in [0.1, 0.15) is 0 Å². The third-order valence-corrected chi connectivity index (χ3v) is 7.85. The summed E-state index contributed by atoms with van der Waals surface area (Å²) in [5, 5.41) is 7.53. The van der Waals surface area contributed by atoms with Crippen molar-refractivity contribution in [3.8, 4) is 0 Å². The van der Waals surface area contributed by atoms with Crippen molar-refractivity contribution < 1.29 is 0 Å². The fraction of sp³-hybridized carbons (Fsp3) is 0.517. The number of rotatable bonds is 12. The monoisotopic (exact) mass is 504 g/mol. The molecule has 2 unspecified atom stereocenters. The van der Waals surface area contributed by atoms with Crippen molar-refractivity contribution >= 4 is 22.7 Å². The summed E-state index contributed by atoms with van der Waals surface area (Å²) >= 11 is 0. The molecule has 0 aromatic heterocycles. The van der Waals surface area contributed by atoms with Gasteiger partial charge in [-0.05, 0) is 87.3 Å². The van der Waals surface area contributed by atoms with E-state index in [4.69, 9.17) is 11.5 Å². The van der Waals surface area contributed by atoms with Gasteiger partial charge < -0.3 is 41.7 Å². The molecule has 0 aliphatic carbocycles. The molecule has 2 atom stereocenters. The average Bonchev–Trinajstić information content (AvgIpc) is 3.67. The molecule has 3 aliphatic rings. The van der Waals surface area contributed by atoms with Crippen molar-refractivity contribution in [3.63, 3.8) is 0 Å². The number of benzene rings is 2. The van der Waals surface area contributed by atoms with Gasteiger partial charge in [-0.25, -0.2) is 0 Å². The molecule has 5 rings (SSSR count). The van der Waals surface area contributed by atoms with Gasteiger partial charge in [-0.3, -0.25) is 0 Å². The zero-order valence-corrected chi connectivity index (χ0v) is 22.1. The van der Waals surface area contributed by atoms with Gasteiger partial charge in [0.05, 0.1) is 6.67 Å². The van der Waals surface area contributed by atoms with Gasteiger partial charge in [0.25, 0.3) is 0 Å². The second-order valence-electron chi connectivity index (χ2n) is 10.7. The number of hydrogen-bond donors (Lipinski definition) is 4. The summed E-state index contributed by atoms with van der Waals surface area (Å²) in [5.74, 6) is 0. The van der Waals surface area contributed by atoms with Crippen molar-refractivity contribution in [2.45, 2.75) is 37.8 Å². The Kier molecular flexibility index (Phi) is 8.58. The predicted octanol–water partition coefficient (Wildman–Crippen LogP) is 2.71. The number of nitrogens with two attached hydrogens (primary N) is 2. The summed E-state index contributed by atoms with van der Waals surface area (Å²) in [5.41, 5.74) is 15.9. The predicted molar refractivity (Wildman–Crippen MR) is 156 cm³/mol. The van der Waals surface area contributed by atoms with Crippen LogP contribution in [0.25, 0.3) is 0 Å². The highest BCUT2D eigenvalue weighted by Gasteiger charge is 2.23. The minimum absolute atomic E-state index is 0.578. The number of nitrogens with zero attached hydrogens (tertiary/aromatic N) is 4. The fourth-order valence-electron chi connectivity index (χ4n) is 5.68. The van der Waals surface area contributed by atoms with E-state index >= 15 is 0 Å². The first-order valence-electron chi connectivity index (χ1n) is 14.0. The Morgan fingerprint density at radius 2 is 1.08 bits per heavy atom. The number of hydrogen-bond acceptors (Lipinski definition) is 8. The Balaban J connectivity index is 0.892. The normalized spacial score (nSPS) is 21.5. The molecular formula is C29H44N8. The molecular weight excluding hydrogens is 460 g/mol. The van der Waals surface area contributed by atoms with E-state index in [2.05, 4.69) is 66.9 Å². The first-order chi connectivity index (χ1) is 18.1. The van der Waals surface area contributed by atoms with Crippen LogP contribution in [0.15, 0.2) is 60.9 Å². The molecule has 8 heteroatoms. The van der Waals surface area contributed by atoms with Crippen molar-refractivity contribution in [3.05, 3.63) is 60.9 Å². The quantitative estimate of drug-likeness (QED) is 0.259. The van der Waals surface area contributed by atoms with Crippen molar-refractivity contribution in [1.29, 1.82) is 0 Å². The lowest BCUT2D eigenvalue weighted by molar-refractivity contribution is 0.258. The first-order valence-corrected chi connectivity index (χ1v) is 14.0. The summed E-state index contributed by atoms with van der Waals surface area (Å²) in [6.45, 7) is 9.76. The molecule has 2 saturated heterocycles. The van der Waals surface area contributed by atoms with Crippen molar-refractivity contribution in [1.82, 2.24) is 20.4 Å². The first kappa shape index (κ1) is 25.5. The lowest BCUT2D eigenvalue weighted by Gasteiger charge is -2.22. The van der Waals surface area contributed by atoms with E-state index in [-0.39, 0.29) is 0 Å². The van der Waals surface area contributed by atoms with Crippen LogP contribution in [-0.2, 0) is 0 Å². The van der Waals surface area contributed by atoms with E-state index in [0.717, 1.165) is 70.4 Å². The topological polar surface area (TPSA) is 89.1 Å². The highest BCUT2D eigenvalue weighted by atomic mass is 15.3. The van der Waals surface area contributed by atoms with Gasteiger partial charge in [0.15, 0.2) is 0 Å². The Labute approximate surface area is 222 Å². The van der Waals surface area contributed by atoms with Crippen molar-refractivity contribution in [2.24, 2.45) is 0 Å². The van der Waals surface area contributed by atoms with Crippen molar-refractivity contribution in [2.75, 3.05) is 80.3 Å². The molecule has 2 aromatic carbocycles. The van der Waals surface area contributed by atoms with Gasteiger partial charge in [-0.2, -0.15) is 0 Å². The van der Waals surface area contributed by atoms with Crippen LogP contribution in [0.5, 0.6) is 0 Å². The summed E-state index contributed by atoms with van der Waals surface area (Å²) < 4.78 is 0. The third kappa shape index (κ3) is 7.23. The van der Waals surface area contributed by atoms with Crippen LogP contribution in [0.3, 0.4) is 0 Å². The molecule has 0 amide bonds. The molecule has 3 heterocycles. The molecule has 3 aliphatic heterocycles. The molecule has 0 spiro atoms. The molecule has 0 saturated carbocycles. The molecule has 0 bridgehead atoms. The van der Waals surface area contributed by atoms with E-state index in [0.29, 0.717) is 12.1 Å². The summed E-state index contributed by atoms with van der Waals surface area (Å²) in [6.07, 6.45) is 9.27. The number of nitrogen functional groups attached to an aromatic ring is 2. The van der Waals surface area contributed by atoms with Crippen LogP contribution in [0.2, 0.25) is 0 Å². The van der Waals surface area contributed by atoms with Crippen LogP contribution >= 0.6 is 0 Å². The molecule has 6 N–H and O–H groups in total. The van der Waals surface area contributed by atoms with Crippen LogP contribution in [-0.4, -0.2) is 80.9 Å². The SMILES string of the molecule is Nc1ccc(N2CCC(NCCCN3C=CN(CCCNC4CCN(c5ccc(N)cc5)C4)C3)C2)cc1. The fourth-order valence-corrected chi connectivity index (χ4v) is 5.68. The summed E-state index contributed by atoms with van der Waals surface area (Å²) in [7, 11) is 0. The van der Waals surface area contributed by atoms with E-state index in [1.165, 1.54) is 37.1 Å². The number of nitrogens with one attached hydrogen (secondary N) is 2. The smallest absolute Gasteiger partial charge is 0.0893 e. The highest BCUT2D eigenvalue weighted by Crippen LogP contribution is 2.22. The highest BCUT2D eigenvalue weighted by molar-refractivity contribution is 5.54. The largest absolute Gasteiger partial charge is 0.399 e. The number of anilines is 4.